The maximum Gasteiger partial charge on any atom is 0.472 e. The second-order valence-corrected chi connectivity index (χ2v) is 23.3. The molecule has 474 valence electrons. The van der Waals surface area contributed by atoms with Crippen LogP contribution >= 0.6 is 7.82 Å². The zero-order valence-electron chi connectivity index (χ0n) is 48.1. The van der Waals surface area contributed by atoms with Gasteiger partial charge < -0.3 is 89.5 Å². The third kappa shape index (κ3) is 27.5. The predicted molar refractivity (Wildman–Crippen MR) is 296 cm³/mol. The minimum Gasteiger partial charge on any atom is -0.462 e. The smallest absolute Gasteiger partial charge is 0.462 e. The normalized spacial score (nSPS) is 31.1. The third-order valence-electron chi connectivity index (χ3n) is 15.0. The van der Waals surface area contributed by atoms with Gasteiger partial charge in [-0.2, -0.15) is 0 Å². The van der Waals surface area contributed by atoms with E-state index >= 15 is 0 Å². The van der Waals surface area contributed by atoms with Crippen molar-refractivity contribution in [1.82, 2.24) is 0 Å². The van der Waals surface area contributed by atoms with Crippen molar-refractivity contribution in [2.45, 2.75) is 298 Å². The number of allylic oxidation sites excluding steroid dienone is 4. The molecule has 3 rings (SSSR count). The molecule has 2 heterocycles. The summed E-state index contributed by atoms with van der Waals surface area (Å²) in [4.78, 5) is 37.5. The van der Waals surface area contributed by atoms with Crippen LogP contribution in [0.4, 0.5) is 0 Å². The maximum absolute atomic E-state index is 14.0. The fourth-order valence-corrected chi connectivity index (χ4v) is 10.9. The van der Waals surface area contributed by atoms with Crippen molar-refractivity contribution in [2.75, 3.05) is 26.4 Å². The number of esters is 2. The van der Waals surface area contributed by atoms with Gasteiger partial charge in [0.05, 0.1) is 19.8 Å². The second kappa shape index (κ2) is 41.9. The molecule has 24 heteroatoms. The molecule has 0 aromatic heterocycles. The lowest BCUT2D eigenvalue weighted by atomic mass is 9.84. The van der Waals surface area contributed by atoms with Gasteiger partial charge in [0, 0.05) is 12.8 Å². The van der Waals surface area contributed by atoms with Crippen molar-refractivity contribution < 1.29 is 113 Å². The van der Waals surface area contributed by atoms with Crippen molar-refractivity contribution in [2.24, 2.45) is 0 Å². The first kappa shape index (κ1) is 73.2. The van der Waals surface area contributed by atoms with Crippen LogP contribution in [0.1, 0.15) is 194 Å². The number of carbonyl (C=O) groups excluding carboxylic acids is 2. The van der Waals surface area contributed by atoms with Gasteiger partial charge in [-0.25, -0.2) is 4.57 Å². The number of hydrogen-bond acceptors (Lipinski definition) is 22. The van der Waals surface area contributed by atoms with E-state index in [-0.39, 0.29) is 12.8 Å². The molecule has 3 aliphatic rings. The van der Waals surface area contributed by atoms with Crippen molar-refractivity contribution in [3.05, 3.63) is 24.3 Å². The van der Waals surface area contributed by atoms with Gasteiger partial charge in [0.1, 0.15) is 92.1 Å². The summed E-state index contributed by atoms with van der Waals surface area (Å²) < 4.78 is 58.1. The molecule has 0 aromatic carbocycles. The summed E-state index contributed by atoms with van der Waals surface area (Å²) in [6.45, 7) is 0.978. The van der Waals surface area contributed by atoms with E-state index in [2.05, 4.69) is 38.2 Å². The zero-order valence-corrected chi connectivity index (χ0v) is 49.0. The van der Waals surface area contributed by atoms with E-state index in [1.54, 1.807) is 0 Å². The summed E-state index contributed by atoms with van der Waals surface area (Å²) in [5.74, 6) is -1.34. The van der Waals surface area contributed by atoms with Crippen molar-refractivity contribution in [1.29, 1.82) is 0 Å². The number of aliphatic hydroxyl groups excluding tert-OH is 11. The standard InChI is InChI=1S/C57H103O23P/c1-3-5-7-9-11-13-15-17-19-21-23-25-27-29-31-33-42(60)73-37-39(75-43(61)34-32-30-28-26-24-22-20-18-16-14-12-10-8-6-4-2)38-74-81(71,72)80-55-53(78-56-51(69)46(64)44(62)40(35-58)76-56)49(67)48(66)50(68)54(55)79-57-52(70)47(65)45(63)41(36-59)77-57/h11,13,17,19,39-41,44-59,62-70H,3-10,12,14-16,18,20-38H2,1-2H3,(H,71,72)/b13-11-,19-17-/t39-,40?,41?,44-,45+,46?,47?,48?,49?,50?,51-,52+,53-,54?,55?,56-,57+/m1/s1. The zero-order chi connectivity index (χ0) is 59.6. The molecular formula is C57H103O23P. The molecule has 23 nitrogen and oxygen atoms in total. The van der Waals surface area contributed by atoms with Gasteiger partial charge in [-0.1, -0.05) is 160 Å². The van der Waals surface area contributed by atoms with Crippen LogP contribution in [-0.2, 0) is 51.6 Å². The summed E-state index contributed by atoms with van der Waals surface area (Å²) in [6.07, 6.45) is 1.50. The minimum absolute atomic E-state index is 0.0317. The lowest BCUT2D eigenvalue weighted by Crippen LogP contribution is -2.69. The molecule has 18 atom stereocenters. The van der Waals surface area contributed by atoms with Crippen molar-refractivity contribution in [3.63, 3.8) is 0 Å². The molecule has 1 aliphatic carbocycles. The molecule has 0 bridgehead atoms. The van der Waals surface area contributed by atoms with E-state index in [4.69, 9.17) is 37.5 Å². The van der Waals surface area contributed by atoms with Crippen LogP contribution in [0.5, 0.6) is 0 Å². The molecule has 0 aromatic rings. The second-order valence-electron chi connectivity index (χ2n) is 21.9. The minimum atomic E-state index is -5.64. The van der Waals surface area contributed by atoms with Crippen LogP contribution < -0.4 is 0 Å². The number of carbonyl (C=O) groups is 2. The van der Waals surface area contributed by atoms with Crippen LogP contribution in [-0.4, -0.2) is 204 Å². The van der Waals surface area contributed by atoms with E-state index < -0.39 is 150 Å². The van der Waals surface area contributed by atoms with Crippen LogP contribution in [0, 0.1) is 0 Å². The highest BCUT2D eigenvalue weighted by molar-refractivity contribution is 7.47. The lowest BCUT2D eigenvalue weighted by molar-refractivity contribution is -0.360. The van der Waals surface area contributed by atoms with E-state index in [1.165, 1.54) is 77.0 Å². The Labute approximate surface area is 479 Å². The molecule has 81 heavy (non-hydrogen) atoms. The van der Waals surface area contributed by atoms with Gasteiger partial charge in [0.25, 0.3) is 0 Å². The summed E-state index contributed by atoms with van der Waals surface area (Å²) in [5.41, 5.74) is 0. The summed E-state index contributed by atoms with van der Waals surface area (Å²) in [5, 5.41) is 117. The van der Waals surface area contributed by atoms with E-state index in [0.29, 0.717) is 12.8 Å². The Morgan fingerprint density at radius 1 is 0.469 bits per heavy atom. The highest BCUT2D eigenvalue weighted by Crippen LogP contribution is 2.49. The van der Waals surface area contributed by atoms with E-state index in [1.807, 2.05) is 0 Å². The Hall–Kier alpha value is -2.07. The first-order valence-electron chi connectivity index (χ1n) is 30.2. The molecule has 10 unspecified atom stereocenters. The van der Waals surface area contributed by atoms with Gasteiger partial charge in [-0.3, -0.25) is 18.6 Å². The molecule has 0 amide bonds. The number of unbranched alkanes of at least 4 members (excludes halogenated alkanes) is 22. The fourth-order valence-electron chi connectivity index (χ4n) is 9.97. The van der Waals surface area contributed by atoms with Gasteiger partial charge in [0.2, 0.25) is 0 Å². The average Bonchev–Trinajstić information content (AvgIpc) is 3.48. The van der Waals surface area contributed by atoms with Crippen molar-refractivity contribution in [3.8, 4) is 0 Å². The Morgan fingerprint density at radius 3 is 1.30 bits per heavy atom. The Bertz CT molecular complexity index is 1710. The monoisotopic (exact) mass is 1190 g/mol. The van der Waals surface area contributed by atoms with Gasteiger partial charge >= 0.3 is 19.8 Å². The maximum atomic E-state index is 14.0. The van der Waals surface area contributed by atoms with E-state index in [0.717, 1.165) is 77.0 Å². The lowest BCUT2D eigenvalue weighted by Gasteiger charge is -2.49. The molecule has 0 spiro atoms. The molecule has 2 saturated heterocycles. The van der Waals surface area contributed by atoms with Crippen LogP contribution in [0.3, 0.4) is 0 Å². The van der Waals surface area contributed by atoms with Gasteiger partial charge in [-0.05, 0) is 44.9 Å². The van der Waals surface area contributed by atoms with Gasteiger partial charge in [-0.15, -0.1) is 0 Å². The third-order valence-corrected chi connectivity index (χ3v) is 16.0. The van der Waals surface area contributed by atoms with Crippen LogP contribution in [0.25, 0.3) is 0 Å². The quantitative estimate of drug-likeness (QED) is 0.0173. The Kier molecular flexibility index (Phi) is 37.8. The SMILES string of the molecule is CCCCC/C=C\C/C=C\CCCCCCCC(=O)OC[C@H](COP(=O)(O)OC1C(O[C@@H]2OC(CO)[C@H](O)C(O)[C@@H]2O)C(O)C(O)C(O)[C@H]1O[C@H]1OC(CO)[C@@H](O)C(O)[C@H]1O)OC(=O)CCCCCCCCCCCCCCCCC. The number of phosphoric ester groups is 1. The molecular weight excluding hydrogens is 1080 g/mol. The average molecular weight is 1190 g/mol. The van der Waals surface area contributed by atoms with Gasteiger partial charge in [0.15, 0.2) is 18.7 Å². The first-order chi connectivity index (χ1) is 38.9. The Morgan fingerprint density at radius 2 is 0.852 bits per heavy atom. The van der Waals surface area contributed by atoms with E-state index in [9.17, 15) is 75.2 Å². The summed E-state index contributed by atoms with van der Waals surface area (Å²) in [6, 6.07) is 0. The summed E-state index contributed by atoms with van der Waals surface area (Å²) in [7, 11) is -5.64. The Balaban J connectivity index is 1.69. The number of ether oxygens (including phenoxy) is 6. The number of rotatable bonds is 44. The molecule has 12 N–H and O–H groups in total. The molecule has 0 radical (unpaired) electrons. The van der Waals surface area contributed by atoms with Crippen molar-refractivity contribution >= 4 is 19.8 Å². The summed E-state index contributed by atoms with van der Waals surface area (Å²) >= 11 is 0. The number of phosphoric acid groups is 1. The number of hydrogen-bond donors (Lipinski definition) is 12. The largest absolute Gasteiger partial charge is 0.472 e. The highest BCUT2D eigenvalue weighted by atomic mass is 31.2. The molecule has 2 aliphatic heterocycles. The topological polar surface area (TPSA) is 368 Å². The molecule has 3 fully saturated rings. The van der Waals surface area contributed by atoms with Crippen LogP contribution in [0.15, 0.2) is 24.3 Å². The fraction of sp³-hybridized carbons (Fsp3) is 0.895. The first-order valence-corrected chi connectivity index (χ1v) is 31.7. The van der Waals surface area contributed by atoms with Crippen LogP contribution in [0.2, 0.25) is 0 Å². The molecule has 1 saturated carbocycles. The number of aliphatic hydroxyl groups is 11. The highest BCUT2D eigenvalue weighted by Gasteiger charge is 2.58. The predicted octanol–water partition coefficient (Wildman–Crippen LogP) is 4.49.